The number of benzene rings is 1. The number of rotatable bonds is 4. The lowest BCUT2D eigenvalue weighted by Gasteiger charge is -2.13. The first kappa shape index (κ1) is 16.2. The van der Waals surface area contributed by atoms with E-state index in [0.717, 1.165) is 0 Å². The summed E-state index contributed by atoms with van der Waals surface area (Å²) in [5.74, 6) is 0.0572. The smallest absolute Gasteiger partial charge is 0.261 e. The number of halogens is 2. The summed E-state index contributed by atoms with van der Waals surface area (Å²) in [6.45, 7) is 0. The first-order valence-electron chi connectivity index (χ1n) is 6.07. The van der Waals surface area contributed by atoms with Crippen LogP contribution in [0.4, 0.5) is 5.69 Å². The van der Waals surface area contributed by atoms with E-state index in [0.29, 0.717) is 22.2 Å². The van der Waals surface area contributed by atoms with Crippen LogP contribution in [0, 0.1) is 0 Å². The van der Waals surface area contributed by atoms with Gasteiger partial charge in [-0.1, -0.05) is 23.2 Å². The maximum atomic E-state index is 12.2. The molecule has 6 nitrogen and oxygen atoms in total. The van der Waals surface area contributed by atoms with E-state index in [-0.39, 0.29) is 10.6 Å². The Hall–Kier alpha value is -2.18. The largest absolute Gasteiger partial charge is 0.495 e. The summed E-state index contributed by atoms with van der Waals surface area (Å²) in [5.41, 5.74) is -0.363. The number of aromatic nitrogens is 1. The fourth-order valence-electron chi connectivity index (χ4n) is 1.77. The molecule has 2 N–H and O–H groups in total. The third-order valence-corrected chi connectivity index (χ3v) is 3.35. The number of H-pyrrole nitrogens is 1. The van der Waals surface area contributed by atoms with Crippen molar-refractivity contribution in [1.82, 2.24) is 4.98 Å². The molecule has 116 valence electrons. The number of anilines is 1. The zero-order chi connectivity index (χ0) is 16.3. The predicted molar refractivity (Wildman–Crippen MR) is 84.6 cm³/mol. The molecule has 1 aromatic carbocycles. The normalized spacial score (nSPS) is 10.2. The molecule has 0 radical (unpaired) electrons. The lowest BCUT2D eigenvalue weighted by Crippen LogP contribution is -2.23. The number of nitrogens with one attached hydrogen (secondary N) is 2. The van der Waals surface area contributed by atoms with Gasteiger partial charge in [0, 0.05) is 18.3 Å². The summed E-state index contributed by atoms with van der Waals surface area (Å²) in [7, 11) is 2.88. The molecule has 2 rings (SSSR count). The molecule has 1 amide bonds. The number of amides is 1. The van der Waals surface area contributed by atoms with Crippen molar-refractivity contribution in [1.29, 1.82) is 0 Å². The van der Waals surface area contributed by atoms with Crippen molar-refractivity contribution in [3.63, 3.8) is 0 Å². The Morgan fingerprint density at radius 2 is 1.82 bits per heavy atom. The molecule has 8 heteroatoms. The molecule has 1 heterocycles. The molecular formula is C14H12Cl2N2O4. The highest BCUT2D eigenvalue weighted by Crippen LogP contribution is 2.35. The molecule has 22 heavy (non-hydrogen) atoms. The van der Waals surface area contributed by atoms with Gasteiger partial charge in [0.1, 0.15) is 17.1 Å². The zero-order valence-corrected chi connectivity index (χ0v) is 13.2. The second kappa shape index (κ2) is 6.72. The quantitative estimate of drug-likeness (QED) is 0.894. The highest BCUT2D eigenvalue weighted by molar-refractivity contribution is 6.32. The van der Waals surface area contributed by atoms with Gasteiger partial charge in [-0.05, 0) is 6.07 Å². The van der Waals surface area contributed by atoms with E-state index < -0.39 is 11.5 Å². The predicted octanol–water partition coefficient (Wildman–Crippen LogP) is 2.95. The van der Waals surface area contributed by atoms with Crippen LogP contribution >= 0.6 is 23.2 Å². The molecule has 0 spiro atoms. The Balaban J connectivity index is 2.39. The van der Waals surface area contributed by atoms with Crippen molar-refractivity contribution in [3.8, 4) is 11.5 Å². The second-order valence-electron chi connectivity index (χ2n) is 4.20. The van der Waals surface area contributed by atoms with Crippen molar-refractivity contribution < 1.29 is 14.3 Å². The maximum absolute atomic E-state index is 12.2. The Bertz CT molecular complexity index is 774. The van der Waals surface area contributed by atoms with Crippen molar-refractivity contribution in [3.05, 3.63) is 50.4 Å². The number of aromatic amines is 1. The van der Waals surface area contributed by atoms with Gasteiger partial charge >= 0.3 is 0 Å². The standard InChI is InChI=1S/C14H12Cl2N2O4/c1-21-11-5-10(12(22-2)4-9(11)16)18-14(20)8-3-7(15)6-17-13(8)19/h3-6H,1-2H3,(H,17,19)(H,18,20). The van der Waals surface area contributed by atoms with E-state index in [4.69, 9.17) is 32.7 Å². The number of hydrogen-bond donors (Lipinski definition) is 2. The highest BCUT2D eigenvalue weighted by Gasteiger charge is 2.16. The van der Waals surface area contributed by atoms with Crippen LogP contribution in [0.5, 0.6) is 11.5 Å². The minimum absolute atomic E-state index is 0.122. The Kier molecular flexibility index (Phi) is 4.95. The molecule has 0 saturated heterocycles. The minimum atomic E-state index is -0.633. The van der Waals surface area contributed by atoms with Gasteiger partial charge in [0.15, 0.2) is 0 Å². The van der Waals surface area contributed by atoms with Crippen molar-refractivity contribution in [2.24, 2.45) is 0 Å². The SMILES string of the molecule is COc1cc(NC(=O)c2cc(Cl)c[nH]c2=O)c(OC)cc1Cl. The molecule has 0 unspecified atom stereocenters. The van der Waals surface area contributed by atoms with Crippen molar-refractivity contribution in [2.75, 3.05) is 19.5 Å². The summed E-state index contributed by atoms with van der Waals surface area (Å²) >= 11 is 11.8. The Morgan fingerprint density at radius 3 is 2.45 bits per heavy atom. The van der Waals surface area contributed by atoms with Crippen LogP contribution in [0.1, 0.15) is 10.4 Å². The number of ether oxygens (including phenoxy) is 2. The molecule has 0 atom stereocenters. The fraction of sp³-hybridized carbons (Fsp3) is 0.143. The monoisotopic (exact) mass is 342 g/mol. The van der Waals surface area contributed by atoms with E-state index >= 15 is 0 Å². The number of carbonyl (C=O) groups excluding carboxylic acids is 1. The lowest BCUT2D eigenvalue weighted by molar-refractivity contribution is 0.102. The van der Waals surface area contributed by atoms with Crippen LogP contribution in [-0.2, 0) is 0 Å². The van der Waals surface area contributed by atoms with E-state index in [2.05, 4.69) is 10.3 Å². The van der Waals surface area contributed by atoms with Gasteiger partial charge in [0.2, 0.25) is 0 Å². The minimum Gasteiger partial charge on any atom is -0.495 e. The van der Waals surface area contributed by atoms with Crippen LogP contribution in [0.15, 0.2) is 29.2 Å². The molecule has 0 bridgehead atoms. The summed E-state index contributed by atoms with van der Waals surface area (Å²) in [6.07, 6.45) is 1.30. The van der Waals surface area contributed by atoms with Crippen LogP contribution in [0.25, 0.3) is 0 Å². The van der Waals surface area contributed by atoms with E-state index in [1.807, 2.05) is 0 Å². The second-order valence-corrected chi connectivity index (χ2v) is 5.05. The molecule has 0 saturated carbocycles. The lowest BCUT2D eigenvalue weighted by atomic mass is 10.2. The van der Waals surface area contributed by atoms with Gasteiger partial charge in [-0.3, -0.25) is 9.59 Å². The summed E-state index contributed by atoms with van der Waals surface area (Å²) < 4.78 is 10.2. The first-order valence-corrected chi connectivity index (χ1v) is 6.83. The van der Waals surface area contributed by atoms with E-state index in [1.54, 1.807) is 0 Å². The van der Waals surface area contributed by atoms with Gasteiger partial charge in [0.25, 0.3) is 11.5 Å². The van der Waals surface area contributed by atoms with Crippen LogP contribution in [-0.4, -0.2) is 25.1 Å². The molecule has 0 fully saturated rings. The Labute approximate surface area is 136 Å². The van der Waals surface area contributed by atoms with Gasteiger partial charge < -0.3 is 19.8 Å². The van der Waals surface area contributed by atoms with Crippen LogP contribution in [0.2, 0.25) is 10.0 Å². The highest BCUT2D eigenvalue weighted by atomic mass is 35.5. The van der Waals surface area contributed by atoms with Crippen LogP contribution < -0.4 is 20.3 Å². The molecular weight excluding hydrogens is 331 g/mol. The zero-order valence-electron chi connectivity index (χ0n) is 11.7. The molecule has 2 aromatic rings. The molecule has 1 aromatic heterocycles. The van der Waals surface area contributed by atoms with Gasteiger partial charge in [-0.15, -0.1) is 0 Å². The third kappa shape index (κ3) is 3.35. The number of pyridine rings is 1. The number of methoxy groups -OCH3 is 2. The third-order valence-electron chi connectivity index (χ3n) is 2.83. The van der Waals surface area contributed by atoms with Gasteiger partial charge in [-0.2, -0.15) is 0 Å². The number of hydrogen-bond acceptors (Lipinski definition) is 4. The number of carbonyl (C=O) groups is 1. The van der Waals surface area contributed by atoms with Crippen molar-refractivity contribution >= 4 is 34.8 Å². The topological polar surface area (TPSA) is 80.4 Å². The first-order chi connectivity index (χ1) is 10.5. The fourth-order valence-corrected chi connectivity index (χ4v) is 2.17. The van der Waals surface area contributed by atoms with E-state index in [1.165, 1.54) is 38.6 Å². The molecule has 0 aliphatic rings. The summed E-state index contributed by atoms with van der Waals surface area (Å²) in [6, 6.07) is 4.27. The van der Waals surface area contributed by atoms with Crippen molar-refractivity contribution in [2.45, 2.75) is 0 Å². The van der Waals surface area contributed by atoms with E-state index in [9.17, 15) is 9.59 Å². The summed E-state index contributed by atoms with van der Waals surface area (Å²) in [4.78, 5) is 26.3. The van der Waals surface area contributed by atoms with Gasteiger partial charge in [-0.25, -0.2) is 0 Å². The van der Waals surface area contributed by atoms with Crippen LogP contribution in [0.3, 0.4) is 0 Å². The Morgan fingerprint density at radius 1 is 1.14 bits per heavy atom. The molecule has 0 aliphatic carbocycles. The maximum Gasteiger partial charge on any atom is 0.261 e. The van der Waals surface area contributed by atoms with Gasteiger partial charge in [0.05, 0.1) is 30.0 Å². The average molecular weight is 343 g/mol. The summed E-state index contributed by atoms with van der Waals surface area (Å²) in [5, 5.41) is 3.14. The average Bonchev–Trinajstić information content (AvgIpc) is 2.50. The molecule has 0 aliphatic heterocycles.